The van der Waals surface area contributed by atoms with Gasteiger partial charge in [0, 0.05) is 22.9 Å². The Morgan fingerprint density at radius 1 is 1.17 bits per heavy atom. The summed E-state index contributed by atoms with van der Waals surface area (Å²) in [4.78, 5) is 17.5. The quantitative estimate of drug-likeness (QED) is 0.664. The molecule has 0 unspecified atom stereocenters. The molecule has 1 amide bonds. The number of thioether (sulfide) groups is 1. The highest BCUT2D eigenvalue weighted by Gasteiger charge is 2.12. The van der Waals surface area contributed by atoms with Gasteiger partial charge in [-0.15, -0.1) is 11.8 Å². The number of nitrogens with one attached hydrogen (secondary N) is 1. The topological polar surface area (TPSA) is 76.1 Å². The molecule has 1 heterocycles. The smallest absolute Gasteiger partial charge is 0.256 e. The van der Waals surface area contributed by atoms with Crippen molar-refractivity contribution in [3.8, 4) is 0 Å². The largest absolute Gasteiger partial charge is 0.307 e. The van der Waals surface area contributed by atoms with E-state index in [-0.39, 0.29) is 16.4 Å². The van der Waals surface area contributed by atoms with Crippen molar-refractivity contribution in [3.05, 3.63) is 54.7 Å². The molecule has 2 aromatic rings. The van der Waals surface area contributed by atoms with Gasteiger partial charge in [-0.1, -0.05) is 18.7 Å². The van der Waals surface area contributed by atoms with Crippen molar-refractivity contribution in [2.45, 2.75) is 9.79 Å². The van der Waals surface area contributed by atoms with Gasteiger partial charge in [-0.3, -0.25) is 4.79 Å². The van der Waals surface area contributed by atoms with Crippen LogP contribution in [0.4, 0.5) is 5.82 Å². The number of aromatic nitrogens is 1. The number of anilines is 1. The maximum Gasteiger partial charge on any atom is 0.256 e. The maximum absolute atomic E-state index is 12.2. The Labute approximate surface area is 139 Å². The summed E-state index contributed by atoms with van der Waals surface area (Å²) < 4.78 is 22.9. The van der Waals surface area contributed by atoms with Gasteiger partial charge in [0.2, 0.25) is 0 Å². The van der Waals surface area contributed by atoms with E-state index in [1.165, 1.54) is 12.1 Å². The van der Waals surface area contributed by atoms with Crippen LogP contribution in [-0.2, 0) is 14.6 Å². The molecular formula is C16H16N2O3S2. The van der Waals surface area contributed by atoms with Gasteiger partial charge in [0.15, 0.2) is 9.84 Å². The summed E-state index contributed by atoms with van der Waals surface area (Å²) >= 11 is 1.56. The fourth-order valence-corrected chi connectivity index (χ4v) is 2.79. The van der Waals surface area contributed by atoms with Crippen LogP contribution in [0.25, 0.3) is 5.57 Å². The number of carbonyl (C=O) groups is 1. The van der Waals surface area contributed by atoms with E-state index in [0.29, 0.717) is 11.4 Å². The second kappa shape index (κ2) is 6.97. The van der Waals surface area contributed by atoms with Crippen LogP contribution in [0, 0.1) is 0 Å². The summed E-state index contributed by atoms with van der Waals surface area (Å²) in [5, 5.41) is 2.66. The Bertz CT molecular complexity index is 827. The summed E-state index contributed by atoms with van der Waals surface area (Å²) in [7, 11) is -3.26. The lowest BCUT2D eigenvalue weighted by atomic mass is 10.1. The highest BCUT2D eigenvalue weighted by Crippen LogP contribution is 2.19. The van der Waals surface area contributed by atoms with Crippen LogP contribution in [0.3, 0.4) is 0 Å². The number of hydrogen-bond acceptors (Lipinski definition) is 5. The molecular weight excluding hydrogens is 332 g/mol. The Balaban J connectivity index is 2.11. The number of hydrogen-bond donors (Lipinski definition) is 1. The highest BCUT2D eigenvalue weighted by molar-refractivity contribution is 7.98. The normalized spacial score (nSPS) is 11.0. The number of sulfone groups is 1. The number of amides is 1. The lowest BCUT2D eigenvalue weighted by Crippen LogP contribution is -2.14. The summed E-state index contributed by atoms with van der Waals surface area (Å²) in [5.74, 6) is 0.0446. The van der Waals surface area contributed by atoms with Crippen LogP contribution in [0.15, 0.2) is 59.0 Å². The van der Waals surface area contributed by atoms with E-state index in [4.69, 9.17) is 0 Å². The van der Waals surface area contributed by atoms with E-state index in [2.05, 4.69) is 16.9 Å². The van der Waals surface area contributed by atoms with Crippen molar-refractivity contribution in [2.75, 3.05) is 17.8 Å². The third kappa shape index (κ3) is 4.43. The molecule has 1 aromatic carbocycles. The molecule has 0 aliphatic carbocycles. The lowest BCUT2D eigenvalue weighted by molar-refractivity contribution is -0.111. The minimum absolute atomic E-state index is 0.198. The molecule has 5 nitrogen and oxygen atoms in total. The zero-order valence-electron chi connectivity index (χ0n) is 12.7. The molecule has 0 bridgehead atoms. The number of carbonyl (C=O) groups excluding carboxylic acids is 1. The zero-order chi connectivity index (χ0) is 17.0. The summed E-state index contributed by atoms with van der Waals surface area (Å²) in [6, 6.07) is 9.59. The molecule has 0 fully saturated rings. The molecule has 120 valence electrons. The Morgan fingerprint density at radius 2 is 1.83 bits per heavy atom. The molecule has 0 atom stereocenters. The van der Waals surface area contributed by atoms with Gasteiger partial charge >= 0.3 is 0 Å². The van der Waals surface area contributed by atoms with E-state index in [9.17, 15) is 13.2 Å². The number of benzene rings is 1. The first kappa shape index (κ1) is 17.2. The van der Waals surface area contributed by atoms with E-state index < -0.39 is 9.84 Å². The summed E-state index contributed by atoms with van der Waals surface area (Å²) in [6.07, 6.45) is 4.74. The third-order valence-corrected chi connectivity index (χ3v) is 4.96. The molecule has 1 aromatic heterocycles. The van der Waals surface area contributed by atoms with Crippen LogP contribution in [-0.4, -0.2) is 31.8 Å². The standard InChI is InChI=1S/C16H16N2O3S2/c1-11(12-4-7-14(8-5-12)23(3,20)21)16(19)18-15-9-6-13(22-2)10-17-15/h4-10H,1H2,2-3H3,(H,17,18,19). The Kier molecular flexibility index (Phi) is 5.23. The van der Waals surface area contributed by atoms with Gasteiger partial charge in [0.1, 0.15) is 5.82 Å². The molecule has 0 radical (unpaired) electrons. The molecule has 1 N–H and O–H groups in total. The number of rotatable bonds is 5. The van der Waals surface area contributed by atoms with E-state index in [0.717, 1.165) is 11.2 Å². The fourth-order valence-electron chi connectivity index (χ4n) is 1.80. The fraction of sp³-hybridized carbons (Fsp3) is 0.125. The predicted molar refractivity (Wildman–Crippen MR) is 93.2 cm³/mol. The van der Waals surface area contributed by atoms with Crippen molar-refractivity contribution >= 4 is 38.9 Å². The van der Waals surface area contributed by atoms with Gasteiger partial charge in [-0.25, -0.2) is 13.4 Å². The van der Waals surface area contributed by atoms with Crippen LogP contribution in [0.1, 0.15) is 5.56 Å². The predicted octanol–water partition coefficient (Wildman–Crippen LogP) is 2.86. The molecule has 2 rings (SSSR count). The molecule has 0 aliphatic rings. The second-order valence-corrected chi connectivity index (χ2v) is 7.71. The van der Waals surface area contributed by atoms with Crippen molar-refractivity contribution in [3.63, 3.8) is 0 Å². The summed E-state index contributed by atoms with van der Waals surface area (Å²) in [5.41, 5.74) is 0.788. The zero-order valence-corrected chi connectivity index (χ0v) is 14.4. The minimum Gasteiger partial charge on any atom is -0.307 e. The minimum atomic E-state index is -3.26. The summed E-state index contributed by atoms with van der Waals surface area (Å²) in [6.45, 7) is 3.75. The van der Waals surface area contributed by atoms with Gasteiger partial charge < -0.3 is 5.32 Å². The van der Waals surface area contributed by atoms with Crippen LogP contribution < -0.4 is 5.32 Å². The first-order valence-corrected chi connectivity index (χ1v) is 9.73. The van der Waals surface area contributed by atoms with Crippen molar-refractivity contribution < 1.29 is 13.2 Å². The van der Waals surface area contributed by atoms with Gasteiger partial charge in [-0.2, -0.15) is 0 Å². The van der Waals surface area contributed by atoms with Crippen molar-refractivity contribution in [1.82, 2.24) is 4.98 Å². The van der Waals surface area contributed by atoms with Gasteiger partial charge in [-0.05, 0) is 36.1 Å². The second-order valence-electron chi connectivity index (χ2n) is 4.81. The number of pyridine rings is 1. The molecule has 0 aliphatic heterocycles. The monoisotopic (exact) mass is 348 g/mol. The average Bonchev–Trinajstić information content (AvgIpc) is 2.54. The van der Waals surface area contributed by atoms with Crippen LogP contribution in [0.5, 0.6) is 0 Å². The average molecular weight is 348 g/mol. The maximum atomic E-state index is 12.2. The number of nitrogens with zero attached hydrogens (tertiary/aromatic N) is 1. The van der Waals surface area contributed by atoms with Gasteiger partial charge in [0.25, 0.3) is 5.91 Å². The Morgan fingerprint density at radius 3 is 2.30 bits per heavy atom. The molecule has 0 saturated carbocycles. The Hall–Kier alpha value is -2.12. The van der Waals surface area contributed by atoms with Crippen molar-refractivity contribution in [2.24, 2.45) is 0 Å². The highest BCUT2D eigenvalue weighted by atomic mass is 32.2. The molecule has 7 heteroatoms. The molecule has 23 heavy (non-hydrogen) atoms. The SMILES string of the molecule is C=C(C(=O)Nc1ccc(SC)cn1)c1ccc(S(C)(=O)=O)cc1. The van der Waals surface area contributed by atoms with E-state index >= 15 is 0 Å². The lowest BCUT2D eigenvalue weighted by Gasteiger charge is -2.08. The van der Waals surface area contributed by atoms with E-state index in [1.54, 1.807) is 36.2 Å². The third-order valence-electron chi connectivity index (χ3n) is 3.12. The van der Waals surface area contributed by atoms with Gasteiger partial charge in [0.05, 0.1) is 4.90 Å². The first-order chi connectivity index (χ1) is 10.8. The first-order valence-electron chi connectivity index (χ1n) is 6.62. The van der Waals surface area contributed by atoms with E-state index in [1.807, 2.05) is 12.3 Å². The molecule has 0 saturated heterocycles. The van der Waals surface area contributed by atoms with Crippen LogP contribution in [0.2, 0.25) is 0 Å². The molecule has 0 spiro atoms. The van der Waals surface area contributed by atoms with Crippen molar-refractivity contribution in [1.29, 1.82) is 0 Å². The van der Waals surface area contributed by atoms with Crippen LogP contribution >= 0.6 is 11.8 Å².